The number of aliphatic hydroxyl groups is 13. The highest BCUT2D eigenvalue weighted by atomic mass is 16.8. The zero-order chi connectivity index (χ0) is 49.4. The highest BCUT2D eigenvalue weighted by Gasteiger charge is 2.64. The van der Waals surface area contributed by atoms with E-state index in [1.54, 1.807) is 0 Å². The van der Waals surface area contributed by atoms with Crippen LogP contribution < -0.4 is 0 Å². The van der Waals surface area contributed by atoms with E-state index in [4.69, 9.17) is 18.9 Å². The first kappa shape index (κ1) is 50.3. The third-order valence-electron chi connectivity index (χ3n) is 11.2. The molecule has 0 amide bonds. The zero-order valence-electron chi connectivity index (χ0n) is 34.3. The molecule has 2 aromatic carbocycles. The number of ketones is 5. The lowest BCUT2D eigenvalue weighted by Crippen LogP contribution is -2.66. The van der Waals surface area contributed by atoms with Gasteiger partial charge < -0.3 is 95.5 Å². The molecule has 13 atom stereocenters. The van der Waals surface area contributed by atoms with Crippen LogP contribution in [-0.2, 0) is 42.9 Å². The van der Waals surface area contributed by atoms with Gasteiger partial charge in [-0.05, 0) is 54.0 Å². The predicted molar refractivity (Wildman–Crippen MR) is 216 cm³/mol. The molecule has 6 rings (SSSR count). The lowest BCUT2D eigenvalue weighted by molar-refractivity contribution is -0.343. The summed E-state index contributed by atoms with van der Waals surface area (Å²) in [5.74, 6) is -25.5. The van der Waals surface area contributed by atoms with Crippen LogP contribution in [0.4, 0.5) is 0 Å². The molecular formula is C43H44O24. The van der Waals surface area contributed by atoms with E-state index in [9.17, 15) is 101 Å². The minimum atomic E-state index is -4.10. The van der Waals surface area contributed by atoms with Crippen LogP contribution in [0.25, 0.3) is 12.2 Å². The second-order valence-corrected chi connectivity index (χ2v) is 15.6. The maximum absolute atomic E-state index is 14.4. The van der Waals surface area contributed by atoms with E-state index in [0.717, 1.165) is 18.2 Å². The summed E-state index contributed by atoms with van der Waals surface area (Å²) in [7, 11) is 0. The standard InChI is InChI=1S/C43H44O24/c44-14-24-30(52)32(54)34(56)40(64-24)66-42(62)36(58)20(28(50)26(38(42)60)22(48)11-5-16-1-7-18(46)8-2-16)13-21-29(51)27(23(49)12-6-17-3-9-19(47)10-4-17)39(61)43(63,37(21)59)67-41-35(57)33(55)31(53)25(15-45)65-41/h1-12,20,24-25,30-35,40-41,44-49,51-57,62-63H,13-15H2/b11-5+,12-6+,26-22+,27-23+/t20?,24-,25-,30-,31-,32+,33+,34-,35-,40+,41+,42?,43?/m1/s1. The molecule has 2 aromatic rings. The Hall–Kier alpha value is -6.07. The van der Waals surface area contributed by atoms with E-state index in [2.05, 4.69) is 0 Å². The van der Waals surface area contributed by atoms with Crippen molar-refractivity contribution in [1.82, 2.24) is 0 Å². The number of phenols is 2. The van der Waals surface area contributed by atoms with Gasteiger partial charge in [-0.15, -0.1) is 0 Å². The molecule has 2 heterocycles. The Morgan fingerprint density at radius 1 is 0.567 bits per heavy atom. The highest BCUT2D eigenvalue weighted by Crippen LogP contribution is 2.42. The number of rotatable bonds is 12. The Kier molecular flexibility index (Phi) is 14.8. The topological polar surface area (TPSA) is 426 Å². The number of phenolic OH excluding ortho intramolecular Hbond substituents is 2. The van der Waals surface area contributed by atoms with Crippen LogP contribution in [0, 0.1) is 5.92 Å². The molecule has 4 aliphatic rings. The molecule has 67 heavy (non-hydrogen) atoms. The quantitative estimate of drug-likeness (QED) is 0.0318. The first-order valence-corrected chi connectivity index (χ1v) is 19.9. The van der Waals surface area contributed by atoms with Gasteiger partial charge in [-0.25, -0.2) is 0 Å². The molecule has 0 spiro atoms. The van der Waals surface area contributed by atoms with Gasteiger partial charge in [0.15, 0.2) is 18.4 Å². The van der Waals surface area contributed by atoms with Gasteiger partial charge in [0.05, 0.1) is 19.1 Å². The summed E-state index contributed by atoms with van der Waals surface area (Å²) in [4.78, 5) is 71.2. The van der Waals surface area contributed by atoms with Crippen LogP contribution in [0.1, 0.15) is 17.5 Å². The van der Waals surface area contributed by atoms with Crippen molar-refractivity contribution in [3.63, 3.8) is 0 Å². The molecular weight excluding hydrogens is 900 g/mol. The number of aromatic hydroxyl groups is 2. The second-order valence-electron chi connectivity index (χ2n) is 15.6. The van der Waals surface area contributed by atoms with Crippen LogP contribution in [0.15, 0.2) is 94.7 Å². The number of carbonyl (C=O) groups excluding carboxylic acids is 5. The average molecular weight is 945 g/mol. The van der Waals surface area contributed by atoms with Crippen LogP contribution in [0.5, 0.6) is 11.5 Å². The smallest absolute Gasteiger partial charge is 0.299 e. The molecule has 3 fully saturated rings. The number of carbonyl (C=O) groups is 5. The van der Waals surface area contributed by atoms with Crippen molar-refractivity contribution >= 4 is 41.1 Å². The molecule has 3 unspecified atom stereocenters. The molecule has 2 aliphatic heterocycles. The van der Waals surface area contributed by atoms with E-state index < -0.39 is 161 Å². The fourth-order valence-corrected chi connectivity index (χ4v) is 7.40. The summed E-state index contributed by atoms with van der Waals surface area (Å²) in [6, 6.07) is 10.1. The molecule has 2 aliphatic carbocycles. The largest absolute Gasteiger partial charge is 0.508 e. The summed E-state index contributed by atoms with van der Waals surface area (Å²) in [5.41, 5.74) is -3.85. The van der Waals surface area contributed by atoms with Gasteiger partial charge in [-0.1, -0.05) is 36.4 Å². The number of hydrogen-bond acceptors (Lipinski definition) is 24. The van der Waals surface area contributed by atoms with Crippen molar-refractivity contribution in [2.45, 2.75) is 79.4 Å². The normalized spacial score (nSPS) is 35.8. The third-order valence-corrected chi connectivity index (χ3v) is 11.2. The zero-order valence-corrected chi connectivity index (χ0v) is 34.3. The number of benzene rings is 2. The Morgan fingerprint density at radius 3 is 1.40 bits per heavy atom. The van der Waals surface area contributed by atoms with Crippen molar-refractivity contribution in [1.29, 1.82) is 0 Å². The first-order valence-electron chi connectivity index (χ1n) is 19.9. The molecule has 0 radical (unpaired) electrons. The Bertz CT molecular complexity index is 2430. The van der Waals surface area contributed by atoms with E-state index in [1.807, 2.05) is 0 Å². The summed E-state index contributed by atoms with van der Waals surface area (Å²) in [6.07, 6.45) is -20.1. The number of Topliss-reactive ketones (excluding diaryl/α,β-unsaturated/α-hetero) is 5. The van der Waals surface area contributed by atoms with Crippen molar-refractivity contribution in [2.24, 2.45) is 5.92 Å². The Labute approximate surface area is 376 Å². The third kappa shape index (κ3) is 9.44. The Morgan fingerprint density at radius 2 is 0.970 bits per heavy atom. The van der Waals surface area contributed by atoms with Gasteiger partial charge in [0.2, 0.25) is 23.1 Å². The molecule has 24 nitrogen and oxygen atoms in total. The molecule has 2 saturated heterocycles. The minimum absolute atomic E-state index is 0.181. The summed E-state index contributed by atoms with van der Waals surface area (Å²) >= 11 is 0. The lowest BCUT2D eigenvalue weighted by atomic mass is 9.72. The van der Waals surface area contributed by atoms with Crippen LogP contribution >= 0.6 is 0 Å². The van der Waals surface area contributed by atoms with Crippen molar-refractivity contribution in [3.05, 3.63) is 106 Å². The number of ether oxygens (including phenoxy) is 4. The average Bonchev–Trinajstić information content (AvgIpc) is 3.30. The van der Waals surface area contributed by atoms with E-state index in [-0.39, 0.29) is 22.6 Å². The fraction of sp³-hybridized carbons (Fsp3) is 0.372. The molecule has 24 heteroatoms. The van der Waals surface area contributed by atoms with E-state index in [0.29, 0.717) is 6.08 Å². The van der Waals surface area contributed by atoms with Gasteiger partial charge in [0.1, 0.15) is 88.8 Å². The molecule has 0 bridgehead atoms. The SMILES string of the molecule is O=C1/C(=C(O)/C=C/c2ccc(O)cc2)C(=O)C(O)(O[C@@H]2O[C@H](CO)[C@@H](O)[C@H](O)[C@H]2O)C(=O)C1CC1=C(O)/C(=C(O)/C=C/c2ccc(O)cc2)C(=O)C(O)(O[C@@H]2O[C@H](CO)[C@@H](O)[C@H](O)[C@H]2O)C1=O. The van der Waals surface area contributed by atoms with Gasteiger partial charge in [-0.3, -0.25) is 24.0 Å². The van der Waals surface area contributed by atoms with Gasteiger partial charge in [0.25, 0.3) is 11.6 Å². The van der Waals surface area contributed by atoms with Crippen molar-refractivity contribution in [3.8, 4) is 11.5 Å². The monoisotopic (exact) mass is 944 g/mol. The summed E-state index contributed by atoms with van der Waals surface area (Å²) in [5, 5.41) is 159. The molecule has 0 aromatic heterocycles. The highest BCUT2D eigenvalue weighted by molar-refractivity contribution is 6.38. The summed E-state index contributed by atoms with van der Waals surface area (Å²) in [6.45, 7) is -2.17. The minimum Gasteiger partial charge on any atom is -0.508 e. The maximum Gasteiger partial charge on any atom is 0.299 e. The Balaban J connectivity index is 1.50. The van der Waals surface area contributed by atoms with Gasteiger partial charge >= 0.3 is 0 Å². The van der Waals surface area contributed by atoms with Gasteiger partial charge in [-0.2, -0.15) is 0 Å². The van der Waals surface area contributed by atoms with Crippen LogP contribution in [0.3, 0.4) is 0 Å². The molecule has 1 saturated carbocycles. The number of allylic oxidation sites excluding steroid dienone is 3. The lowest BCUT2D eigenvalue weighted by Gasteiger charge is -2.43. The number of hydrogen-bond donors (Lipinski definition) is 15. The van der Waals surface area contributed by atoms with E-state index >= 15 is 0 Å². The maximum atomic E-state index is 14.4. The second kappa shape index (κ2) is 19.6. The molecule has 360 valence electrons. The van der Waals surface area contributed by atoms with Gasteiger partial charge in [0, 0.05) is 5.57 Å². The van der Waals surface area contributed by atoms with E-state index in [1.165, 1.54) is 48.5 Å². The fourth-order valence-electron chi connectivity index (χ4n) is 7.40. The van der Waals surface area contributed by atoms with Crippen LogP contribution in [-0.4, -0.2) is 192 Å². The van der Waals surface area contributed by atoms with Crippen molar-refractivity contribution in [2.75, 3.05) is 13.2 Å². The molecule has 15 N–H and O–H groups in total. The summed E-state index contributed by atoms with van der Waals surface area (Å²) < 4.78 is 20.8. The van der Waals surface area contributed by atoms with Crippen molar-refractivity contribution < 1.29 is 120 Å². The first-order chi connectivity index (χ1) is 31.5. The number of aliphatic hydroxyl groups excluding tert-OH is 11. The van der Waals surface area contributed by atoms with Crippen LogP contribution in [0.2, 0.25) is 0 Å². The predicted octanol–water partition coefficient (Wildman–Crippen LogP) is -3.85.